The first-order valence-electron chi connectivity index (χ1n) is 18.0. The summed E-state index contributed by atoms with van der Waals surface area (Å²) < 4.78 is 11.1. The van der Waals surface area contributed by atoms with E-state index >= 15 is 0 Å². The van der Waals surface area contributed by atoms with Crippen molar-refractivity contribution >= 4 is 11.4 Å². The van der Waals surface area contributed by atoms with E-state index in [1.807, 2.05) is 13.8 Å². The number of aryl methyl sites for hydroxylation is 4. The van der Waals surface area contributed by atoms with E-state index in [1.165, 1.54) is 89.5 Å². The fourth-order valence-electron chi connectivity index (χ4n) is 5.63. The molecule has 0 unspecified atom stereocenters. The molecule has 0 aromatic heterocycles. The van der Waals surface area contributed by atoms with Crippen LogP contribution in [0.3, 0.4) is 0 Å². The first-order chi connectivity index (χ1) is 22.0. The molecule has 0 radical (unpaired) electrons. The average molecular weight is 662 g/mol. The predicted octanol–water partition coefficient (Wildman–Crippen LogP) is 12.0. The number of rotatable bonds is 21. The number of hydrogen-bond acceptors (Lipinski definition) is 2. The van der Waals surface area contributed by atoms with Crippen molar-refractivity contribution in [3.05, 3.63) is 87.0 Å². The molecule has 5 heteroatoms. The maximum absolute atomic E-state index is 11.8. The summed E-state index contributed by atoms with van der Waals surface area (Å²) in [4.78, 5) is 0. The Morgan fingerprint density at radius 1 is 0.533 bits per heavy atom. The fourth-order valence-corrected chi connectivity index (χ4v) is 5.95. The normalized spacial score (nSPS) is 13.0. The SMILES string of the molecule is CCCCC1=C(c2cc(CCCC)cc(CCCC)c2)[N+](=[N-])C(c2cc(CCCC)cc(CCCC)c2)=C1.CC[O][Ni][O]CC. The maximum atomic E-state index is 11.8. The molecule has 0 atom stereocenters. The van der Waals surface area contributed by atoms with Crippen molar-refractivity contribution in [3.8, 4) is 0 Å². The van der Waals surface area contributed by atoms with Crippen LogP contribution in [0.25, 0.3) is 16.9 Å². The molecule has 45 heavy (non-hydrogen) atoms. The summed E-state index contributed by atoms with van der Waals surface area (Å²) in [5.41, 5.74) is 23.0. The van der Waals surface area contributed by atoms with Crippen LogP contribution in [0, 0.1) is 0 Å². The van der Waals surface area contributed by atoms with Crippen molar-refractivity contribution in [2.24, 2.45) is 0 Å². The van der Waals surface area contributed by atoms with Gasteiger partial charge in [-0.1, -0.05) is 78.9 Å². The zero-order valence-electron chi connectivity index (χ0n) is 29.6. The van der Waals surface area contributed by atoms with Gasteiger partial charge in [0.25, 0.3) is 0 Å². The zero-order valence-corrected chi connectivity index (χ0v) is 30.6. The van der Waals surface area contributed by atoms with E-state index in [4.69, 9.17) is 7.76 Å². The molecule has 1 aliphatic rings. The van der Waals surface area contributed by atoms with Crippen molar-refractivity contribution < 1.29 is 27.5 Å². The van der Waals surface area contributed by atoms with E-state index in [0.29, 0.717) is 13.2 Å². The van der Waals surface area contributed by atoms with Gasteiger partial charge in [0, 0.05) is 22.8 Å². The summed E-state index contributed by atoms with van der Waals surface area (Å²) in [7, 11) is 0. The van der Waals surface area contributed by atoms with Crippen molar-refractivity contribution in [2.45, 2.75) is 145 Å². The van der Waals surface area contributed by atoms with Crippen LogP contribution in [0.2, 0.25) is 0 Å². The van der Waals surface area contributed by atoms with Gasteiger partial charge in [-0.2, -0.15) is 0 Å². The first-order valence-corrected chi connectivity index (χ1v) is 18.8. The first kappa shape index (κ1) is 39.1. The van der Waals surface area contributed by atoms with Gasteiger partial charge < -0.3 is 5.53 Å². The van der Waals surface area contributed by atoms with Crippen LogP contribution in [-0.2, 0) is 48.5 Å². The molecule has 0 N–H and O–H groups in total. The molecular weight excluding hydrogens is 599 g/mol. The molecule has 0 bridgehead atoms. The van der Waals surface area contributed by atoms with Gasteiger partial charge in [0.05, 0.1) is 0 Å². The molecule has 4 nitrogen and oxygen atoms in total. The van der Waals surface area contributed by atoms with Crippen LogP contribution < -0.4 is 0 Å². The summed E-state index contributed by atoms with van der Waals surface area (Å²) in [5.74, 6) is 0. The Balaban J connectivity index is 0.000000900. The van der Waals surface area contributed by atoms with Gasteiger partial charge in [0.1, 0.15) is 0 Å². The second kappa shape index (κ2) is 23.3. The van der Waals surface area contributed by atoms with E-state index < -0.39 is 0 Å². The fraction of sp³-hybridized carbons (Fsp3) is 0.600. The number of unbranched alkanes of at least 4 members (excludes halogenated alkanes) is 5. The third kappa shape index (κ3) is 13.7. The number of benzene rings is 2. The van der Waals surface area contributed by atoms with Gasteiger partial charge in [-0.3, -0.25) is 0 Å². The molecule has 2 aromatic rings. The number of nitrogens with zero attached hydrogens (tertiary/aromatic N) is 2. The molecule has 2 aromatic carbocycles. The van der Waals surface area contributed by atoms with Gasteiger partial charge >= 0.3 is 49.9 Å². The summed E-state index contributed by atoms with van der Waals surface area (Å²) in [6, 6.07) is 14.1. The molecule has 0 saturated heterocycles. The van der Waals surface area contributed by atoms with Crippen molar-refractivity contribution in [1.29, 1.82) is 0 Å². The van der Waals surface area contributed by atoms with Gasteiger partial charge in [-0.05, 0) is 111 Å². The molecule has 0 spiro atoms. The van der Waals surface area contributed by atoms with E-state index in [-0.39, 0.29) is 0 Å². The Hall–Kier alpha value is -2.07. The van der Waals surface area contributed by atoms with E-state index in [1.54, 1.807) is 0 Å². The number of hydrogen-bond donors (Lipinski definition) is 0. The third-order valence-electron chi connectivity index (χ3n) is 8.06. The molecule has 0 aliphatic carbocycles. The van der Waals surface area contributed by atoms with Crippen LogP contribution in [0.15, 0.2) is 48.0 Å². The summed E-state index contributed by atoms with van der Waals surface area (Å²) in [6.07, 6.45) is 19.6. The van der Waals surface area contributed by atoms with Gasteiger partial charge in [-0.15, -0.1) is 0 Å². The monoisotopic (exact) mass is 660 g/mol. The van der Waals surface area contributed by atoms with E-state index in [2.05, 4.69) is 77.1 Å². The van der Waals surface area contributed by atoms with Crippen LogP contribution in [-0.4, -0.2) is 17.9 Å². The number of allylic oxidation sites excluding steroid dienone is 2. The molecule has 1 heterocycles. The second-order valence-corrected chi connectivity index (χ2v) is 12.9. The molecule has 3 rings (SSSR count). The Morgan fingerprint density at radius 2 is 0.911 bits per heavy atom. The molecule has 0 amide bonds. The van der Waals surface area contributed by atoms with Crippen LogP contribution in [0.4, 0.5) is 0 Å². The summed E-state index contributed by atoms with van der Waals surface area (Å²) in [5, 5.41) is 0. The Morgan fingerprint density at radius 3 is 1.29 bits per heavy atom. The standard InChI is InChI=1S/C36H52N2.2C2H5O.Ni/c1-6-11-16-28-21-29(17-12-7-2)24-33(23-28)35-27-32(20-15-10-5)36(38(35)37)34-25-30(18-13-8-3)22-31(26-34)19-14-9-4;2*1-2-3;/h21-27H,6-20H2,1-5H3;2*2H2,1H3;/q;2*-1;+2. The Labute approximate surface area is 283 Å². The topological polar surface area (TPSA) is 43.8 Å². The molecule has 1 aliphatic heterocycles. The Kier molecular flexibility index (Phi) is 20.2. The zero-order chi connectivity index (χ0) is 32.9. The molecule has 254 valence electrons. The van der Waals surface area contributed by atoms with E-state index in [9.17, 15) is 5.53 Å². The van der Waals surface area contributed by atoms with Crippen molar-refractivity contribution in [1.82, 2.24) is 0 Å². The Bertz CT molecular complexity index is 1160. The van der Waals surface area contributed by atoms with Crippen LogP contribution in [0.5, 0.6) is 0 Å². The van der Waals surface area contributed by atoms with Gasteiger partial charge in [0.15, 0.2) is 0 Å². The average Bonchev–Trinajstić information content (AvgIpc) is 3.39. The predicted molar refractivity (Wildman–Crippen MR) is 189 cm³/mol. The molecule has 0 fully saturated rings. The minimum absolute atomic E-state index is 0.708. The van der Waals surface area contributed by atoms with E-state index in [0.717, 1.165) is 77.0 Å². The van der Waals surface area contributed by atoms with Crippen LogP contribution >= 0.6 is 0 Å². The third-order valence-corrected chi connectivity index (χ3v) is 8.87. The van der Waals surface area contributed by atoms with Gasteiger partial charge in [0.2, 0.25) is 11.4 Å². The quantitative estimate of drug-likeness (QED) is 0.0759. The second-order valence-electron chi connectivity index (χ2n) is 12.1. The minimum atomic E-state index is 0.708. The van der Waals surface area contributed by atoms with Crippen LogP contribution in [0.1, 0.15) is 152 Å². The molecular formula is C40H62N2NiO2. The van der Waals surface area contributed by atoms with Crippen molar-refractivity contribution in [3.63, 3.8) is 0 Å². The molecule has 0 saturated carbocycles. The summed E-state index contributed by atoms with van der Waals surface area (Å²) in [6.45, 7) is 16.6. The van der Waals surface area contributed by atoms with Crippen molar-refractivity contribution in [2.75, 3.05) is 13.2 Å². The summed E-state index contributed by atoms with van der Waals surface area (Å²) >= 11 is 0.899. The van der Waals surface area contributed by atoms with Gasteiger partial charge in [-0.25, -0.2) is 4.70 Å².